The van der Waals surface area contributed by atoms with Gasteiger partial charge in [0.15, 0.2) is 4.90 Å². The van der Waals surface area contributed by atoms with Gasteiger partial charge < -0.3 is 5.32 Å². The molecular weight excluding hydrogens is 298 g/mol. The van der Waals surface area contributed by atoms with Crippen molar-refractivity contribution in [3.8, 4) is 0 Å². The van der Waals surface area contributed by atoms with Crippen molar-refractivity contribution in [2.24, 2.45) is 5.92 Å². The molecule has 1 fully saturated rings. The first kappa shape index (κ1) is 16.3. The molecule has 1 saturated heterocycles. The van der Waals surface area contributed by atoms with E-state index in [2.05, 4.69) is 5.32 Å². The highest BCUT2D eigenvalue weighted by Crippen LogP contribution is 2.26. The Kier molecular flexibility index (Phi) is 5.29. The van der Waals surface area contributed by atoms with Crippen LogP contribution >= 0.6 is 0 Å². The summed E-state index contributed by atoms with van der Waals surface area (Å²) >= 11 is 0. The predicted molar refractivity (Wildman–Crippen MR) is 76.4 cm³/mol. The van der Waals surface area contributed by atoms with Gasteiger partial charge in [-0.15, -0.1) is 0 Å². The highest BCUT2D eigenvalue weighted by Gasteiger charge is 2.33. The summed E-state index contributed by atoms with van der Waals surface area (Å²) in [5, 5.41) is 3.23. The van der Waals surface area contributed by atoms with Crippen molar-refractivity contribution < 1.29 is 17.2 Å². The van der Waals surface area contributed by atoms with Gasteiger partial charge in [-0.1, -0.05) is 13.0 Å². The molecule has 0 saturated carbocycles. The van der Waals surface area contributed by atoms with Crippen molar-refractivity contribution in [2.75, 3.05) is 26.2 Å². The van der Waals surface area contributed by atoms with Crippen molar-refractivity contribution in [3.63, 3.8) is 0 Å². The summed E-state index contributed by atoms with van der Waals surface area (Å²) in [6.07, 6.45) is 1.39. The molecule has 2 rings (SSSR count). The normalized spacial score (nSPS) is 18.0. The molecule has 0 spiro atoms. The maximum Gasteiger partial charge on any atom is 0.248 e. The van der Waals surface area contributed by atoms with Gasteiger partial charge in [0.05, 0.1) is 0 Å². The second-order valence-corrected chi connectivity index (χ2v) is 7.08. The van der Waals surface area contributed by atoms with Crippen LogP contribution in [0.1, 0.15) is 19.8 Å². The summed E-state index contributed by atoms with van der Waals surface area (Å²) in [4.78, 5) is -0.838. The third-order valence-corrected chi connectivity index (χ3v) is 5.72. The van der Waals surface area contributed by atoms with Gasteiger partial charge in [-0.3, -0.25) is 0 Å². The van der Waals surface area contributed by atoms with E-state index in [0.29, 0.717) is 31.8 Å². The molecule has 1 heterocycles. The van der Waals surface area contributed by atoms with Crippen molar-refractivity contribution in [1.29, 1.82) is 0 Å². The Bertz CT molecular complexity index is 564. The lowest BCUT2D eigenvalue weighted by Crippen LogP contribution is -2.41. The van der Waals surface area contributed by atoms with E-state index in [1.807, 2.05) is 6.92 Å². The molecule has 1 aliphatic heterocycles. The maximum atomic E-state index is 13.7. The number of hydrogen-bond acceptors (Lipinski definition) is 3. The molecule has 0 atom stereocenters. The van der Waals surface area contributed by atoms with Gasteiger partial charge in [-0.25, -0.2) is 17.2 Å². The van der Waals surface area contributed by atoms with Crippen molar-refractivity contribution in [1.82, 2.24) is 9.62 Å². The smallest absolute Gasteiger partial charge is 0.248 e. The van der Waals surface area contributed by atoms with Crippen LogP contribution in [0.4, 0.5) is 8.78 Å². The number of sulfonamides is 1. The summed E-state index contributed by atoms with van der Waals surface area (Å²) in [6.45, 7) is 4.33. The van der Waals surface area contributed by atoms with E-state index in [0.717, 1.165) is 31.3 Å². The topological polar surface area (TPSA) is 49.4 Å². The molecule has 0 bridgehead atoms. The molecule has 21 heavy (non-hydrogen) atoms. The van der Waals surface area contributed by atoms with Crippen LogP contribution in [0.2, 0.25) is 0 Å². The van der Waals surface area contributed by atoms with Crippen molar-refractivity contribution in [3.05, 3.63) is 29.8 Å². The molecule has 0 radical (unpaired) electrons. The van der Waals surface area contributed by atoms with Crippen LogP contribution < -0.4 is 5.32 Å². The van der Waals surface area contributed by atoms with E-state index in [9.17, 15) is 17.2 Å². The highest BCUT2D eigenvalue weighted by atomic mass is 32.2. The Morgan fingerprint density at radius 3 is 2.33 bits per heavy atom. The largest absolute Gasteiger partial charge is 0.317 e. The predicted octanol–water partition coefficient (Wildman–Crippen LogP) is 1.98. The quantitative estimate of drug-likeness (QED) is 0.903. The van der Waals surface area contributed by atoms with Gasteiger partial charge in [0.25, 0.3) is 0 Å². The van der Waals surface area contributed by atoms with Gasteiger partial charge in [0.2, 0.25) is 10.0 Å². The van der Waals surface area contributed by atoms with E-state index in [4.69, 9.17) is 0 Å². The zero-order valence-electron chi connectivity index (χ0n) is 12.0. The first-order valence-corrected chi connectivity index (χ1v) is 8.55. The molecule has 1 N–H and O–H groups in total. The Hall–Kier alpha value is -1.05. The zero-order chi connectivity index (χ0) is 15.5. The fraction of sp³-hybridized carbons (Fsp3) is 0.571. The average Bonchev–Trinajstić information content (AvgIpc) is 2.45. The standard InChI is InChI=1S/C14H20F2N2O2S/c1-2-17-10-11-6-8-18(9-7-11)21(19,20)14-12(15)4-3-5-13(14)16/h3-5,11,17H,2,6-10H2,1H3. The Balaban J connectivity index is 2.12. The van der Waals surface area contributed by atoms with E-state index < -0.39 is 26.6 Å². The van der Waals surface area contributed by atoms with Crippen LogP contribution in [0.3, 0.4) is 0 Å². The Morgan fingerprint density at radius 2 is 1.81 bits per heavy atom. The number of benzene rings is 1. The molecule has 0 amide bonds. The molecule has 7 heteroatoms. The lowest BCUT2D eigenvalue weighted by molar-refractivity contribution is 0.267. The number of nitrogens with zero attached hydrogens (tertiary/aromatic N) is 1. The number of piperidine rings is 1. The van der Waals surface area contributed by atoms with Crippen LogP contribution in [-0.4, -0.2) is 38.9 Å². The van der Waals surface area contributed by atoms with Gasteiger partial charge in [0.1, 0.15) is 11.6 Å². The van der Waals surface area contributed by atoms with E-state index in [-0.39, 0.29) is 0 Å². The number of nitrogens with one attached hydrogen (secondary N) is 1. The summed E-state index contributed by atoms with van der Waals surface area (Å²) in [5.74, 6) is -1.67. The second kappa shape index (κ2) is 6.81. The summed E-state index contributed by atoms with van der Waals surface area (Å²) in [5.41, 5.74) is 0. The molecule has 1 aliphatic rings. The van der Waals surface area contributed by atoms with Gasteiger partial charge in [-0.05, 0) is 44.0 Å². The van der Waals surface area contributed by atoms with Crippen molar-refractivity contribution in [2.45, 2.75) is 24.7 Å². The molecule has 0 unspecified atom stereocenters. The van der Waals surface area contributed by atoms with Crippen LogP contribution in [-0.2, 0) is 10.0 Å². The third kappa shape index (κ3) is 3.59. The summed E-state index contributed by atoms with van der Waals surface area (Å²) in [6, 6.07) is 3.09. The Labute approximate surface area is 124 Å². The molecule has 1 aromatic rings. The monoisotopic (exact) mass is 318 g/mol. The molecule has 4 nitrogen and oxygen atoms in total. The molecule has 1 aromatic carbocycles. The van der Waals surface area contributed by atoms with E-state index >= 15 is 0 Å². The maximum absolute atomic E-state index is 13.7. The average molecular weight is 318 g/mol. The van der Waals surface area contributed by atoms with Gasteiger partial charge in [-0.2, -0.15) is 4.31 Å². The number of halogens is 2. The molecule has 0 aliphatic carbocycles. The van der Waals surface area contributed by atoms with Crippen molar-refractivity contribution >= 4 is 10.0 Å². The fourth-order valence-corrected chi connectivity index (χ4v) is 4.14. The molecule has 118 valence electrons. The minimum absolute atomic E-state index is 0.298. The Morgan fingerprint density at radius 1 is 1.24 bits per heavy atom. The first-order valence-electron chi connectivity index (χ1n) is 7.11. The van der Waals surface area contributed by atoms with Crippen LogP contribution in [0.15, 0.2) is 23.1 Å². The SMILES string of the molecule is CCNCC1CCN(S(=O)(=O)c2c(F)cccc2F)CC1. The summed E-state index contributed by atoms with van der Waals surface area (Å²) < 4.78 is 53.3. The third-order valence-electron chi connectivity index (χ3n) is 3.77. The molecule has 0 aromatic heterocycles. The van der Waals surface area contributed by atoms with Crippen LogP contribution in [0.5, 0.6) is 0 Å². The lowest BCUT2D eigenvalue weighted by Gasteiger charge is -2.31. The minimum atomic E-state index is -4.10. The minimum Gasteiger partial charge on any atom is -0.317 e. The molecular formula is C14H20F2N2O2S. The van der Waals surface area contributed by atoms with Crippen LogP contribution in [0.25, 0.3) is 0 Å². The number of rotatable bonds is 5. The van der Waals surface area contributed by atoms with E-state index in [1.54, 1.807) is 0 Å². The summed E-state index contributed by atoms with van der Waals surface area (Å²) in [7, 11) is -4.10. The lowest BCUT2D eigenvalue weighted by atomic mass is 9.98. The zero-order valence-corrected chi connectivity index (χ0v) is 12.8. The van der Waals surface area contributed by atoms with Gasteiger partial charge >= 0.3 is 0 Å². The fourth-order valence-electron chi connectivity index (χ4n) is 2.56. The number of hydrogen-bond donors (Lipinski definition) is 1. The van der Waals surface area contributed by atoms with Crippen LogP contribution in [0, 0.1) is 17.6 Å². The second-order valence-electron chi connectivity index (χ2n) is 5.21. The highest BCUT2D eigenvalue weighted by molar-refractivity contribution is 7.89. The van der Waals surface area contributed by atoms with E-state index in [1.165, 1.54) is 4.31 Å². The van der Waals surface area contributed by atoms with Gasteiger partial charge in [0, 0.05) is 13.1 Å². The first-order chi connectivity index (χ1) is 9.96.